The zero-order valence-electron chi connectivity index (χ0n) is 10.6. The maximum Gasteiger partial charge on any atom is 0.0897 e. The predicted octanol–water partition coefficient (Wildman–Crippen LogP) is 1.45. The Hall–Kier alpha value is -0.650. The molecule has 0 radical (unpaired) electrons. The van der Waals surface area contributed by atoms with Gasteiger partial charge in [-0.25, -0.2) is 0 Å². The van der Waals surface area contributed by atoms with Gasteiger partial charge >= 0.3 is 0 Å². The fraction of sp³-hybridized carbons (Fsp3) is 0.538. The summed E-state index contributed by atoms with van der Waals surface area (Å²) in [6.07, 6.45) is -0.505. The van der Waals surface area contributed by atoms with Crippen molar-refractivity contribution in [2.45, 2.75) is 12.6 Å². The quantitative estimate of drug-likeness (QED) is 0.669. The van der Waals surface area contributed by atoms with Crippen molar-refractivity contribution in [1.29, 1.82) is 0 Å². The Morgan fingerprint density at radius 3 is 2.67 bits per heavy atom. The first kappa shape index (κ1) is 15.4. The smallest absolute Gasteiger partial charge is 0.0897 e. The number of methoxy groups -OCH3 is 1. The standard InChI is InChI=1S/C13H20ClNO3/c1-17-6-7-18-10-13(16)9-15-8-11-2-4-12(14)5-3-11/h2-5,13,15-16H,6-10H2,1H3. The molecule has 5 heteroatoms. The summed E-state index contributed by atoms with van der Waals surface area (Å²) in [6.45, 7) is 2.56. The molecule has 0 saturated carbocycles. The lowest BCUT2D eigenvalue weighted by atomic mass is 10.2. The molecule has 0 saturated heterocycles. The van der Waals surface area contributed by atoms with Crippen LogP contribution in [0, 0.1) is 0 Å². The fourth-order valence-corrected chi connectivity index (χ4v) is 1.53. The van der Waals surface area contributed by atoms with Gasteiger partial charge in [0.05, 0.1) is 25.9 Å². The second kappa shape index (κ2) is 9.30. The van der Waals surface area contributed by atoms with Crippen molar-refractivity contribution in [3.63, 3.8) is 0 Å². The van der Waals surface area contributed by atoms with Gasteiger partial charge < -0.3 is 19.9 Å². The minimum Gasteiger partial charge on any atom is -0.389 e. The van der Waals surface area contributed by atoms with E-state index in [0.29, 0.717) is 32.9 Å². The highest BCUT2D eigenvalue weighted by Crippen LogP contribution is 2.08. The van der Waals surface area contributed by atoms with E-state index in [1.54, 1.807) is 7.11 Å². The molecular weight excluding hydrogens is 254 g/mol. The molecule has 1 atom stereocenters. The molecule has 0 heterocycles. The van der Waals surface area contributed by atoms with Crippen LogP contribution in [0.5, 0.6) is 0 Å². The maximum absolute atomic E-state index is 9.62. The Balaban J connectivity index is 2.07. The van der Waals surface area contributed by atoms with Gasteiger partial charge in [-0.05, 0) is 17.7 Å². The molecule has 0 fully saturated rings. The van der Waals surface area contributed by atoms with E-state index in [2.05, 4.69) is 5.32 Å². The van der Waals surface area contributed by atoms with Crippen LogP contribution in [-0.2, 0) is 16.0 Å². The van der Waals surface area contributed by atoms with Crippen LogP contribution in [-0.4, -0.2) is 44.7 Å². The topological polar surface area (TPSA) is 50.7 Å². The largest absolute Gasteiger partial charge is 0.389 e. The molecule has 0 spiro atoms. The highest BCUT2D eigenvalue weighted by molar-refractivity contribution is 6.30. The Kier molecular flexibility index (Phi) is 7.96. The van der Waals surface area contributed by atoms with Gasteiger partial charge in [0.15, 0.2) is 0 Å². The molecular formula is C13H20ClNO3. The third-order valence-corrected chi connectivity index (χ3v) is 2.62. The Labute approximate surface area is 113 Å². The second-order valence-corrected chi connectivity index (χ2v) is 4.42. The van der Waals surface area contributed by atoms with Crippen LogP contribution in [0.3, 0.4) is 0 Å². The molecule has 0 amide bonds. The van der Waals surface area contributed by atoms with Gasteiger partial charge in [0.2, 0.25) is 0 Å². The molecule has 18 heavy (non-hydrogen) atoms. The molecule has 0 aliphatic rings. The molecule has 1 rings (SSSR count). The monoisotopic (exact) mass is 273 g/mol. The summed E-state index contributed by atoms with van der Waals surface area (Å²) in [6, 6.07) is 7.61. The SMILES string of the molecule is COCCOCC(O)CNCc1ccc(Cl)cc1. The van der Waals surface area contributed by atoms with Crippen molar-refractivity contribution in [2.75, 3.05) is 33.5 Å². The Morgan fingerprint density at radius 1 is 1.28 bits per heavy atom. The number of nitrogens with one attached hydrogen (secondary N) is 1. The van der Waals surface area contributed by atoms with Crippen LogP contribution < -0.4 is 5.32 Å². The summed E-state index contributed by atoms with van der Waals surface area (Å²) in [5.74, 6) is 0. The summed E-state index contributed by atoms with van der Waals surface area (Å²) in [7, 11) is 1.62. The first-order valence-electron chi connectivity index (χ1n) is 5.92. The van der Waals surface area contributed by atoms with E-state index in [9.17, 15) is 5.11 Å². The summed E-state index contributed by atoms with van der Waals surface area (Å²) in [5, 5.41) is 13.5. The lowest BCUT2D eigenvalue weighted by Crippen LogP contribution is -2.30. The summed E-state index contributed by atoms with van der Waals surface area (Å²) < 4.78 is 10.1. The first-order chi connectivity index (χ1) is 8.72. The molecule has 4 nitrogen and oxygen atoms in total. The zero-order valence-corrected chi connectivity index (χ0v) is 11.3. The van der Waals surface area contributed by atoms with Crippen molar-refractivity contribution in [2.24, 2.45) is 0 Å². The highest BCUT2D eigenvalue weighted by atomic mass is 35.5. The third-order valence-electron chi connectivity index (χ3n) is 2.36. The van der Waals surface area contributed by atoms with Gasteiger partial charge in [0.25, 0.3) is 0 Å². The summed E-state index contributed by atoms with van der Waals surface area (Å²) in [5.41, 5.74) is 1.13. The summed E-state index contributed by atoms with van der Waals surface area (Å²) in [4.78, 5) is 0. The number of halogens is 1. The van der Waals surface area contributed by atoms with E-state index in [1.807, 2.05) is 24.3 Å². The summed E-state index contributed by atoms with van der Waals surface area (Å²) >= 11 is 5.79. The van der Waals surface area contributed by atoms with Crippen molar-refractivity contribution in [1.82, 2.24) is 5.32 Å². The molecule has 1 aromatic carbocycles. The normalized spacial score (nSPS) is 12.6. The van der Waals surface area contributed by atoms with E-state index in [-0.39, 0.29) is 0 Å². The molecule has 0 bridgehead atoms. The Morgan fingerprint density at radius 2 is 2.00 bits per heavy atom. The van der Waals surface area contributed by atoms with Crippen LogP contribution >= 0.6 is 11.6 Å². The predicted molar refractivity (Wildman–Crippen MR) is 71.9 cm³/mol. The number of hydrogen-bond acceptors (Lipinski definition) is 4. The number of aliphatic hydroxyl groups is 1. The molecule has 102 valence electrons. The molecule has 2 N–H and O–H groups in total. The molecule has 0 aliphatic heterocycles. The van der Waals surface area contributed by atoms with E-state index >= 15 is 0 Å². The van der Waals surface area contributed by atoms with Crippen LogP contribution in [0.15, 0.2) is 24.3 Å². The van der Waals surface area contributed by atoms with Crippen LogP contribution in [0.2, 0.25) is 5.02 Å². The van der Waals surface area contributed by atoms with Crippen molar-refractivity contribution in [3.8, 4) is 0 Å². The molecule has 1 unspecified atom stereocenters. The maximum atomic E-state index is 9.62. The van der Waals surface area contributed by atoms with E-state index in [0.717, 1.165) is 10.6 Å². The zero-order chi connectivity index (χ0) is 13.2. The van der Waals surface area contributed by atoms with Crippen LogP contribution in [0.25, 0.3) is 0 Å². The van der Waals surface area contributed by atoms with Crippen molar-refractivity contribution >= 4 is 11.6 Å². The second-order valence-electron chi connectivity index (χ2n) is 3.98. The van der Waals surface area contributed by atoms with E-state index in [1.165, 1.54) is 0 Å². The third kappa shape index (κ3) is 6.93. The van der Waals surface area contributed by atoms with Gasteiger partial charge in [-0.1, -0.05) is 23.7 Å². The van der Waals surface area contributed by atoms with Crippen molar-refractivity contribution < 1.29 is 14.6 Å². The number of rotatable bonds is 9. The number of hydrogen-bond donors (Lipinski definition) is 2. The van der Waals surface area contributed by atoms with E-state index < -0.39 is 6.10 Å². The number of ether oxygens (including phenoxy) is 2. The Bertz CT molecular complexity index is 319. The molecule has 1 aromatic rings. The minimum atomic E-state index is -0.505. The van der Waals surface area contributed by atoms with Crippen LogP contribution in [0.1, 0.15) is 5.56 Å². The van der Waals surface area contributed by atoms with E-state index in [4.69, 9.17) is 21.1 Å². The van der Waals surface area contributed by atoms with Gasteiger partial charge in [-0.2, -0.15) is 0 Å². The molecule has 0 aliphatic carbocycles. The lowest BCUT2D eigenvalue weighted by Gasteiger charge is -2.12. The average molecular weight is 274 g/mol. The molecule has 0 aromatic heterocycles. The lowest BCUT2D eigenvalue weighted by molar-refractivity contribution is 0.0137. The van der Waals surface area contributed by atoms with Gasteiger partial charge in [-0.15, -0.1) is 0 Å². The van der Waals surface area contributed by atoms with Crippen molar-refractivity contribution in [3.05, 3.63) is 34.9 Å². The number of aliphatic hydroxyl groups excluding tert-OH is 1. The highest BCUT2D eigenvalue weighted by Gasteiger charge is 2.03. The first-order valence-corrected chi connectivity index (χ1v) is 6.30. The minimum absolute atomic E-state index is 0.316. The van der Waals surface area contributed by atoms with Gasteiger partial charge in [0, 0.05) is 25.2 Å². The van der Waals surface area contributed by atoms with Gasteiger partial charge in [-0.3, -0.25) is 0 Å². The average Bonchev–Trinajstić information content (AvgIpc) is 2.37. The number of benzene rings is 1. The fourth-order valence-electron chi connectivity index (χ4n) is 1.41. The van der Waals surface area contributed by atoms with Crippen LogP contribution in [0.4, 0.5) is 0 Å². The van der Waals surface area contributed by atoms with Gasteiger partial charge in [0.1, 0.15) is 0 Å².